The zero-order chi connectivity index (χ0) is 11.8. The molecule has 0 saturated carbocycles. The van der Waals surface area contributed by atoms with Gasteiger partial charge in [0.2, 0.25) is 0 Å². The molecule has 0 saturated heterocycles. The van der Waals surface area contributed by atoms with Crippen LogP contribution in [0.5, 0.6) is 0 Å². The maximum atomic E-state index is 5.40. The Morgan fingerprint density at radius 1 is 1.25 bits per heavy atom. The first kappa shape index (κ1) is 12.8. The number of hydrogen-bond donors (Lipinski definition) is 1. The predicted molar refractivity (Wildman–Crippen MR) is 70.3 cm³/mol. The zero-order valence-corrected chi connectivity index (χ0v) is 10.3. The Hall–Kier alpha value is -1.26. The first-order chi connectivity index (χ1) is 7.81. The standard InChI is InChI=1S/C15H21N/c1-4-7-15(16-12-5-2)14-10-8-13(6-3)9-11-14/h1,8-11,15-16H,5-7,12H2,2-3H3. The molecule has 0 aromatic heterocycles. The lowest BCUT2D eigenvalue weighted by Gasteiger charge is -2.16. The van der Waals surface area contributed by atoms with Crippen molar-refractivity contribution in [2.24, 2.45) is 0 Å². The summed E-state index contributed by atoms with van der Waals surface area (Å²) < 4.78 is 0. The zero-order valence-electron chi connectivity index (χ0n) is 10.3. The second kappa shape index (κ2) is 7.09. The first-order valence-corrected chi connectivity index (χ1v) is 6.07. The Bertz CT molecular complexity index is 331. The molecule has 0 fully saturated rings. The maximum absolute atomic E-state index is 5.40. The average Bonchev–Trinajstić information content (AvgIpc) is 2.35. The van der Waals surface area contributed by atoms with Crippen LogP contribution in [-0.4, -0.2) is 6.54 Å². The van der Waals surface area contributed by atoms with Gasteiger partial charge in [0.05, 0.1) is 0 Å². The van der Waals surface area contributed by atoms with Gasteiger partial charge in [-0.1, -0.05) is 38.1 Å². The van der Waals surface area contributed by atoms with E-state index in [0.29, 0.717) is 6.04 Å². The van der Waals surface area contributed by atoms with E-state index in [1.54, 1.807) is 0 Å². The molecule has 1 atom stereocenters. The van der Waals surface area contributed by atoms with E-state index in [2.05, 4.69) is 49.4 Å². The summed E-state index contributed by atoms with van der Waals surface area (Å²) >= 11 is 0. The van der Waals surface area contributed by atoms with E-state index in [9.17, 15) is 0 Å². The summed E-state index contributed by atoms with van der Waals surface area (Å²) in [7, 11) is 0. The third-order valence-corrected chi connectivity index (χ3v) is 2.75. The molecule has 1 rings (SSSR count). The van der Waals surface area contributed by atoms with E-state index in [-0.39, 0.29) is 0 Å². The molecular weight excluding hydrogens is 194 g/mol. The molecule has 0 aliphatic carbocycles. The Balaban J connectivity index is 2.72. The lowest BCUT2D eigenvalue weighted by atomic mass is 10.0. The molecule has 0 radical (unpaired) electrons. The number of benzene rings is 1. The van der Waals surface area contributed by atoms with Crippen molar-refractivity contribution in [2.75, 3.05) is 6.54 Å². The van der Waals surface area contributed by atoms with Crippen molar-refractivity contribution in [1.82, 2.24) is 5.32 Å². The summed E-state index contributed by atoms with van der Waals surface area (Å²) in [5.41, 5.74) is 2.67. The third-order valence-electron chi connectivity index (χ3n) is 2.75. The summed E-state index contributed by atoms with van der Waals surface area (Å²) in [6.07, 6.45) is 8.38. The Kier molecular flexibility index (Phi) is 5.67. The predicted octanol–water partition coefficient (Wildman–Crippen LogP) is 3.31. The van der Waals surface area contributed by atoms with Crippen LogP contribution >= 0.6 is 0 Å². The highest BCUT2D eigenvalue weighted by atomic mass is 14.9. The second-order valence-corrected chi connectivity index (χ2v) is 4.01. The topological polar surface area (TPSA) is 12.0 Å². The normalized spacial score (nSPS) is 12.1. The second-order valence-electron chi connectivity index (χ2n) is 4.01. The monoisotopic (exact) mass is 215 g/mol. The molecule has 1 unspecified atom stereocenters. The van der Waals surface area contributed by atoms with Crippen LogP contribution in [0.4, 0.5) is 0 Å². The van der Waals surface area contributed by atoms with E-state index >= 15 is 0 Å². The molecule has 1 N–H and O–H groups in total. The number of aryl methyl sites for hydroxylation is 1. The van der Waals surface area contributed by atoms with Gasteiger partial charge in [-0.25, -0.2) is 0 Å². The van der Waals surface area contributed by atoms with Gasteiger partial charge in [0.25, 0.3) is 0 Å². The van der Waals surface area contributed by atoms with Crippen molar-refractivity contribution in [3.05, 3.63) is 35.4 Å². The van der Waals surface area contributed by atoms with Crippen molar-refractivity contribution < 1.29 is 0 Å². The molecule has 1 aromatic carbocycles. The largest absolute Gasteiger partial charge is 0.309 e. The van der Waals surface area contributed by atoms with Gasteiger partial charge >= 0.3 is 0 Å². The molecule has 0 spiro atoms. The molecule has 1 nitrogen and oxygen atoms in total. The van der Waals surface area contributed by atoms with Gasteiger partial charge in [-0.3, -0.25) is 0 Å². The van der Waals surface area contributed by atoms with Crippen LogP contribution < -0.4 is 5.32 Å². The van der Waals surface area contributed by atoms with Gasteiger partial charge < -0.3 is 5.32 Å². The van der Waals surface area contributed by atoms with Crippen LogP contribution in [0.1, 0.15) is 43.9 Å². The summed E-state index contributed by atoms with van der Waals surface area (Å²) in [5, 5.41) is 3.48. The fraction of sp³-hybridized carbons (Fsp3) is 0.467. The average molecular weight is 215 g/mol. The van der Waals surface area contributed by atoms with Crippen molar-refractivity contribution in [2.45, 2.75) is 39.2 Å². The molecule has 0 aliphatic rings. The molecule has 16 heavy (non-hydrogen) atoms. The van der Waals surface area contributed by atoms with E-state index in [0.717, 1.165) is 25.8 Å². The van der Waals surface area contributed by atoms with Crippen LogP contribution in [0.25, 0.3) is 0 Å². The molecule has 0 heterocycles. The molecule has 0 bridgehead atoms. The molecule has 0 amide bonds. The third kappa shape index (κ3) is 3.72. The fourth-order valence-corrected chi connectivity index (χ4v) is 1.73. The molecule has 86 valence electrons. The number of nitrogens with one attached hydrogen (secondary N) is 1. The molecule has 0 aliphatic heterocycles. The number of rotatable bonds is 6. The highest BCUT2D eigenvalue weighted by Gasteiger charge is 2.08. The Morgan fingerprint density at radius 2 is 1.94 bits per heavy atom. The van der Waals surface area contributed by atoms with Crippen molar-refractivity contribution in [3.63, 3.8) is 0 Å². The Labute approximate surface area is 99.3 Å². The highest BCUT2D eigenvalue weighted by Crippen LogP contribution is 2.17. The van der Waals surface area contributed by atoms with Gasteiger partial charge in [-0.15, -0.1) is 12.3 Å². The van der Waals surface area contributed by atoms with Crippen LogP contribution in [0.3, 0.4) is 0 Å². The minimum Gasteiger partial charge on any atom is -0.309 e. The van der Waals surface area contributed by atoms with E-state index in [4.69, 9.17) is 6.42 Å². The molecule has 1 heteroatoms. The minimum atomic E-state index is 0.302. The number of hydrogen-bond acceptors (Lipinski definition) is 1. The summed E-state index contributed by atoms with van der Waals surface area (Å²) in [6.45, 7) is 5.35. The smallest absolute Gasteiger partial charge is 0.0430 e. The lowest BCUT2D eigenvalue weighted by molar-refractivity contribution is 0.542. The summed E-state index contributed by atoms with van der Waals surface area (Å²) in [4.78, 5) is 0. The van der Waals surface area contributed by atoms with Crippen LogP contribution in [0, 0.1) is 12.3 Å². The summed E-state index contributed by atoms with van der Waals surface area (Å²) in [6, 6.07) is 9.04. The van der Waals surface area contributed by atoms with Crippen molar-refractivity contribution in [1.29, 1.82) is 0 Å². The number of terminal acetylenes is 1. The van der Waals surface area contributed by atoms with E-state index in [1.807, 2.05) is 0 Å². The highest BCUT2D eigenvalue weighted by molar-refractivity contribution is 5.25. The Morgan fingerprint density at radius 3 is 2.44 bits per heavy atom. The van der Waals surface area contributed by atoms with Crippen molar-refractivity contribution >= 4 is 0 Å². The maximum Gasteiger partial charge on any atom is 0.0430 e. The lowest BCUT2D eigenvalue weighted by Crippen LogP contribution is -2.21. The molecule has 1 aromatic rings. The van der Waals surface area contributed by atoms with Gasteiger partial charge in [0.1, 0.15) is 0 Å². The minimum absolute atomic E-state index is 0.302. The van der Waals surface area contributed by atoms with Gasteiger partial charge in [-0.05, 0) is 30.5 Å². The van der Waals surface area contributed by atoms with Crippen molar-refractivity contribution in [3.8, 4) is 12.3 Å². The van der Waals surface area contributed by atoms with Gasteiger partial charge in [-0.2, -0.15) is 0 Å². The SMILES string of the molecule is C#CCC(NCCC)c1ccc(CC)cc1. The van der Waals surface area contributed by atoms with E-state index in [1.165, 1.54) is 11.1 Å². The van der Waals surface area contributed by atoms with Crippen LogP contribution in [0.15, 0.2) is 24.3 Å². The van der Waals surface area contributed by atoms with Crippen LogP contribution in [-0.2, 0) is 6.42 Å². The van der Waals surface area contributed by atoms with Gasteiger partial charge in [0, 0.05) is 12.5 Å². The quantitative estimate of drug-likeness (QED) is 0.718. The van der Waals surface area contributed by atoms with Gasteiger partial charge in [0.15, 0.2) is 0 Å². The summed E-state index contributed by atoms with van der Waals surface area (Å²) in [5.74, 6) is 2.74. The first-order valence-electron chi connectivity index (χ1n) is 6.07. The van der Waals surface area contributed by atoms with E-state index < -0.39 is 0 Å². The molecular formula is C15H21N. The van der Waals surface area contributed by atoms with Crippen LogP contribution in [0.2, 0.25) is 0 Å². The fourth-order valence-electron chi connectivity index (χ4n) is 1.73.